The lowest BCUT2D eigenvalue weighted by molar-refractivity contribution is -0.00357. The molecule has 1 N–H and O–H groups in total. The fourth-order valence-corrected chi connectivity index (χ4v) is 3.89. The highest BCUT2D eigenvalue weighted by atomic mass is 16.5. The summed E-state index contributed by atoms with van der Waals surface area (Å²) in [6.07, 6.45) is 8.65. The van der Waals surface area contributed by atoms with Crippen LogP contribution >= 0.6 is 0 Å². The lowest BCUT2D eigenvalue weighted by atomic mass is 9.90. The van der Waals surface area contributed by atoms with Crippen molar-refractivity contribution in [2.45, 2.75) is 63.1 Å². The second-order valence-electron chi connectivity index (χ2n) is 6.25. The molecule has 0 amide bonds. The van der Waals surface area contributed by atoms with E-state index in [9.17, 15) is 0 Å². The van der Waals surface area contributed by atoms with Crippen LogP contribution in [0.4, 0.5) is 0 Å². The molecule has 0 radical (unpaired) electrons. The number of hydrogen-bond donors (Lipinski definition) is 1. The van der Waals surface area contributed by atoms with Crippen LogP contribution in [0.15, 0.2) is 0 Å². The summed E-state index contributed by atoms with van der Waals surface area (Å²) in [6.45, 7) is 6.87. The van der Waals surface area contributed by atoms with Crippen LogP contribution in [0.2, 0.25) is 0 Å². The van der Waals surface area contributed by atoms with Crippen molar-refractivity contribution >= 4 is 0 Å². The Morgan fingerprint density at radius 1 is 1.29 bits per heavy atom. The fourth-order valence-electron chi connectivity index (χ4n) is 3.89. The van der Waals surface area contributed by atoms with E-state index in [0.29, 0.717) is 17.7 Å². The molecule has 2 aliphatic heterocycles. The SMILES string of the molecule is CC1CN(CC2CCCO2)C2(CCCC2)CN1. The van der Waals surface area contributed by atoms with E-state index in [4.69, 9.17) is 4.74 Å². The summed E-state index contributed by atoms with van der Waals surface area (Å²) in [5.41, 5.74) is 0.471. The summed E-state index contributed by atoms with van der Waals surface area (Å²) in [6, 6.07) is 0.641. The zero-order valence-corrected chi connectivity index (χ0v) is 11.1. The van der Waals surface area contributed by atoms with Gasteiger partial charge in [0.15, 0.2) is 0 Å². The van der Waals surface area contributed by atoms with Crippen LogP contribution < -0.4 is 5.32 Å². The molecule has 2 atom stereocenters. The highest BCUT2D eigenvalue weighted by Crippen LogP contribution is 2.37. The van der Waals surface area contributed by atoms with Crippen LogP contribution in [-0.4, -0.2) is 48.8 Å². The van der Waals surface area contributed by atoms with E-state index in [2.05, 4.69) is 17.1 Å². The van der Waals surface area contributed by atoms with Crippen LogP contribution in [0.5, 0.6) is 0 Å². The predicted octanol–water partition coefficient (Wildman–Crippen LogP) is 1.77. The maximum absolute atomic E-state index is 5.83. The smallest absolute Gasteiger partial charge is 0.0703 e. The van der Waals surface area contributed by atoms with Crippen LogP contribution in [0.25, 0.3) is 0 Å². The molecule has 0 aromatic heterocycles. The number of nitrogens with zero attached hydrogens (tertiary/aromatic N) is 1. The van der Waals surface area contributed by atoms with E-state index in [1.54, 1.807) is 0 Å². The molecule has 3 rings (SSSR count). The largest absolute Gasteiger partial charge is 0.377 e. The van der Waals surface area contributed by atoms with Gasteiger partial charge in [0.25, 0.3) is 0 Å². The second kappa shape index (κ2) is 4.87. The summed E-state index contributed by atoms with van der Waals surface area (Å²) < 4.78 is 5.83. The summed E-state index contributed by atoms with van der Waals surface area (Å²) in [4.78, 5) is 2.76. The maximum atomic E-state index is 5.83. The minimum atomic E-state index is 0.471. The maximum Gasteiger partial charge on any atom is 0.0703 e. The first-order chi connectivity index (χ1) is 8.28. The molecule has 0 aromatic carbocycles. The molecule has 2 saturated heterocycles. The van der Waals surface area contributed by atoms with Gasteiger partial charge >= 0.3 is 0 Å². The highest BCUT2D eigenvalue weighted by Gasteiger charge is 2.43. The molecule has 2 heterocycles. The summed E-state index contributed by atoms with van der Waals surface area (Å²) in [5.74, 6) is 0. The molecular weight excluding hydrogens is 212 g/mol. The molecule has 17 heavy (non-hydrogen) atoms. The monoisotopic (exact) mass is 238 g/mol. The Kier molecular flexibility index (Phi) is 3.42. The van der Waals surface area contributed by atoms with Gasteiger partial charge in [-0.2, -0.15) is 0 Å². The molecule has 0 aromatic rings. The van der Waals surface area contributed by atoms with Gasteiger partial charge in [-0.3, -0.25) is 4.90 Å². The Morgan fingerprint density at radius 2 is 2.12 bits per heavy atom. The van der Waals surface area contributed by atoms with Crippen LogP contribution in [0.1, 0.15) is 45.4 Å². The fraction of sp³-hybridized carbons (Fsp3) is 1.00. The van der Waals surface area contributed by atoms with Crippen LogP contribution in [0, 0.1) is 0 Å². The van der Waals surface area contributed by atoms with Gasteiger partial charge in [-0.05, 0) is 32.6 Å². The molecule has 1 spiro atoms. The molecule has 3 fully saturated rings. The van der Waals surface area contributed by atoms with Gasteiger partial charge in [0.2, 0.25) is 0 Å². The standard InChI is InChI=1S/C14H26N2O/c1-12-9-16(10-13-5-4-8-17-13)14(11-15-12)6-2-3-7-14/h12-13,15H,2-11H2,1H3. The van der Waals surface area contributed by atoms with Gasteiger partial charge < -0.3 is 10.1 Å². The van der Waals surface area contributed by atoms with E-state index >= 15 is 0 Å². The Balaban J connectivity index is 1.68. The average Bonchev–Trinajstić information content (AvgIpc) is 2.96. The quantitative estimate of drug-likeness (QED) is 0.793. The van der Waals surface area contributed by atoms with E-state index < -0.39 is 0 Å². The Morgan fingerprint density at radius 3 is 2.82 bits per heavy atom. The Labute approximate surface area is 105 Å². The van der Waals surface area contributed by atoms with Gasteiger partial charge in [0.05, 0.1) is 6.10 Å². The number of hydrogen-bond acceptors (Lipinski definition) is 3. The van der Waals surface area contributed by atoms with Crippen LogP contribution in [0.3, 0.4) is 0 Å². The van der Waals surface area contributed by atoms with Gasteiger partial charge in [0.1, 0.15) is 0 Å². The van der Waals surface area contributed by atoms with E-state index in [1.165, 1.54) is 58.2 Å². The molecule has 98 valence electrons. The first kappa shape index (κ1) is 11.9. The van der Waals surface area contributed by atoms with Crippen molar-refractivity contribution < 1.29 is 4.74 Å². The Hall–Kier alpha value is -0.120. The zero-order chi connectivity index (χ0) is 11.7. The van der Waals surface area contributed by atoms with Crippen molar-refractivity contribution in [1.82, 2.24) is 10.2 Å². The third-order valence-corrected chi connectivity index (χ3v) is 4.93. The number of nitrogens with one attached hydrogen (secondary N) is 1. The van der Waals surface area contributed by atoms with Crippen molar-refractivity contribution in [1.29, 1.82) is 0 Å². The predicted molar refractivity (Wildman–Crippen MR) is 69.2 cm³/mol. The molecule has 3 nitrogen and oxygen atoms in total. The van der Waals surface area contributed by atoms with Gasteiger partial charge in [0, 0.05) is 37.8 Å². The normalized spacial score (nSPS) is 37.9. The number of ether oxygens (including phenoxy) is 1. The average molecular weight is 238 g/mol. The van der Waals surface area contributed by atoms with E-state index in [0.717, 1.165) is 6.61 Å². The summed E-state index contributed by atoms with van der Waals surface area (Å²) >= 11 is 0. The third-order valence-electron chi connectivity index (χ3n) is 4.93. The topological polar surface area (TPSA) is 24.5 Å². The minimum absolute atomic E-state index is 0.471. The van der Waals surface area contributed by atoms with Crippen molar-refractivity contribution in [2.75, 3.05) is 26.2 Å². The zero-order valence-electron chi connectivity index (χ0n) is 11.1. The van der Waals surface area contributed by atoms with Crippen molar-refractivity contribution in [2.24, 2.45) is 0 Å². The minimum Gasteiger partial charge on any atom is -0.377 e. The summed E-state index contributed by atoms with van der Waals surface area (Å²) in [7, 11) is 0. The molecule has 3 aliphatic rings. The number of piperazine rings is 1. The Bertz CT molecular complexity index is 257. The van der Waals surface area contributed by atoms with E-state index in [-0.39, 0.29) is 0 Å². The third kappa shape index (κ3) is 2.38. The van der Waals surface area contributed by atoms with Crippen molar-refractivity contribution in [3.8, 4) is 0 Å². The molecule has 3 heteroatoms. The van der Waals surface area contributed by atoms with Gasteiger partial charge in [-0.25, -0.2) is 0 Å². The first-order valence-electron chi connectivity index (χ1n) is 7.39. The van der Waals surface area contributed by atoms with Crippen molar-refractivity contribution in [3.63, 3.8) is 0 Å². The van der Waals surface area contributed by atoms with Crippen LogP contribution in [-0.2, 0) is 4.74 Å². The molecule has 0 bridgehead atoms. The van der Waals surface area contributed by atoms with Gasteiger partial charge in [-0.15, -0.1) is 0 Å². The molecule has 1 aliphatic carbocycles. The molecule has 1 saturated carbocycles. The van der Waals surface area contributed by atoms with Crippen molar-refractivity contribution in [3.05, 3.63) is 0 Å². The van der Waals surface area contributed by atoms with E-state index in [1.807, 2.05) is 0 Å². The van der Waals surface area contributed by atoms with Gasteiger partial charge in [-0.1, -0.05) is 12.8 Å². The summed E-state index contributed by atoms with van der Waals surface area (Å²) in [5, 5.41) is 3.69. The molecule has 2 unspecified atom stereocenters. The lowest BCUT2D eigenvalue weighted by Gasteiger charge is -2.48. The molecular formula is C14H26N2O. The first-order valence-corrected chi connectivity index (χ1v) is 7.39. The number of rotatable bonds is 2. The second-order valence-corrected chi connectivity index (χ2v) is 6.25. The highest BCUT2D eigenvalue weighted by molar-refractivity contribution is 5.01. The lowest BCUT2D eigenvalue weighted by Crippen LogP contribution is -2.64.